The van der Waals surface area contributed by atoms with E-state index in [1.165, 1.54) is 12.0 Å². The Labute approximate surface area is 109 Å². The van der Waals surface area contributed by atoms with Gasteiger partial charge in [0, 0.05) is 18.2 Å². The Morgan fingerprint density at radius 2 is 2.00 bits per heavy atom. The molecule has 2 nitrogen and oxygen atoms in total. The molecule has 0 spiro atoms. The number of likely N-dealkylation sites (tertiary alicyclic amines) is 1. The average molecular weight is 253 g/mol. The predicted molar refractivity (Wildman–Crippen MR) is 73.2 cm³/mol. The van der Waals surface area contributed by atoms with Gasteiger partial charge in [0.25, 0.3) is 0 Å². The topological polar surface area (TPSA) is 29.3 Å². The molecule has 0 saturated carbocycles. The summed E-state index contributed by atoms with van der Waals surface area (Å²) in [5.41, 5.74) is 7.41. The highest BCUT2D eigenvalue weighted by Gasteiger charge is 2.36. The van der Waals surface area contributed by atoms with E-state index in [1.54, 1.807) is 0 Å². The minimum absolute atomic E-state index is 0.269. The molecule has 0 aromatic heterocycles. The molecule has 1 saturated heterocycles. The molecule has 0 unspecified atom stereocenters. The smallest absolute Gasteiger partial charge is 0.0455 e. The van der Waals surface area contributed by atoms with Crippen molar-refractivity contribution in [2.45, 2.75) is 26.2 Å². The normalized spacial score (nSPS) is 24.8. The van der Waals surface area contributed by atoms with E-state index in [-0.39, 0.29) is 5.41 Å². The van der Waals surface area contributed by atoms with Crippen LogP contribution in [0.4, 0.5) is 0 Å². The van der Waals surface area contributed by atoms with Crippen LogP contribution in [0, 0.1) is 5.41 Å². The maximum atomic E-state index is 5.94. The van der Waals surface area contributed by atoms with Gasteiger partial charge in [0.05, 0.1) is 0 Å². The van der Waals surface area contributed by atoms with E-state index in [0.717, 1.165) is 18.1 Å². The van der Waals surface area contributed by atoms with E-state index in [0.29, 0.717) is 12.6 Å². The third-order valence-electron chi connectivity index (χ3n) is 3.84. The van der Waals surface area contributed by atoms with Crippen LogP contribution in [0.15, 0.2) is 24.3 Å². The molecule has 3 heteroatoms. The fourth-order valence-electron chi connectivity index (χ4n) is 2.94. The van der Waals surface area contributed by atoms with Crippen LogP contribution in [0.2, 0.25) is 5.02 Å². The molecule has 1 fully saturated rings. The molecule has 94 valence electrons. The Morgan fingerprint density at radius 3 is 2.53 bits per heavy atom. The van der Waals surface area contributed by atoms with Crippen molar-refractivity contribution >= 4 is 11.6 Å². The highest BCUT2D eigenvalue weighted by atomic mass is 35.5. The summed E-state index contributed by atoms with van der Waals surface area (Å²) in [6.45, 7) is 7.48. The fraction of sp³-hybridized carbons (Fsp3) is 0.571. The molecule has 17 heavy (non-hydrogen) atoms. The zero-order chi connectivity index (χ0) is 12.5. The van der Waals surface area contributed by atoms with E-state index in [9.17, 15) is 0 Å². The molecule has 1 aliphatic rings. The molecule has 1 aromatic rings. The predicted octanol–water partition coefficient (Wildman–Crippen LogP) is 3.07. The molecule has 1 heterocycles. The monoisotopic (exact) mass is 252 g/mol. The summed E-state index contributed by atoms with van der Waals surface area (Å²) < 4.78 is 0. The Hall–Kier alpha value is -0.570. The Kier molecular flexibility index (Phi) is 3.76. The van der Waals surface area contributed by atoms with Crippen LogP contribution in [0.1, 0.15) is 31.7 Å². The van der Waals surface area contributed by atoms with Crippen LogP contribution in [0.3, 0.4) is 0 Å². The molecule has 2 rings (SSSR count). The lowest BCUT2D eigenvalue weighted by molar-refractivity contribution is 0.0952. The second-order valence-corrected chi connectivity index (χ2v) is 6.05. The van der Waals surface area contributed by atoms with Crippen LogP contribution in [-0.4, -0.2) is 24.7 Å². The van der Waals surface area contributed by atoms with Crippen molar-refractivity contribution in [1.29, 1.82) is 0 Å². The third kappa shape index (κ3) is 2.82. The van der Waals surface area contributed by atoms with Crippen molar-refractivity contribution < 1.29 is 0 Å². The van der Waals surface area contributed by atoms with Gasteiger partial charge in [-0.2, -0.15) is 0 Å². The molecule has 0 aliphatic carbocycles. The SMILES string of the molecule is CC1(C)CN(CN)CC[C@@H]1c1ccc(Cl)cc1. The number of nitrogens with zero attached hydrogens (tertiary/aromatic N) is 1. The van der Waals surface area contributed by atoms with Gasteiger partial charge in [-0.25, -0.2) is 0 Å². The minimum Gasteiger partial charge on any atom is -0.318 e. The lowest BCUT2D eigenvalue weighted by Gasteiger charge is -2.44. The molecule has 1 atom stereocenters. The zero-order valence-corrected chi connectivity index (χ0v) is 11.4. The number of nitrogens with two attached hydrogens (primary N) is 1. The van der Waals surface area contributed by atoms with Gasteiger partial charge in [-0.3, -0.25) is 4.90 Å². The highest BCUT2D eigenvalue weighted by Crippen LogP contribution is 2.42. The highest BCUT2D eigenvalue weighted by molar-refractivity contribution is 6.30. The number of hydrogen-bond donors (Lipinski definition) is 1. The van der Waals surface area contributed by atoms with Gasteiger partial charge in [0.1, 0.15) is 0 Å². The maximum absolute atomic E-state index is 5.94. The Morgan fingerprint density at radius 1 is 1.35 bits per heavy atom. The first-order chi connectivity index (χ1) is 8.03. The number of benzene rings is 1. The zero-order valence-electron chi connectivity index (χ0n) is 10.6. The summed E-state index contributed by atoms with van der Waals surface area (Å²) in [7, 11) is 0. The van der Waals surface area contributed by atoms with Gasteiger partial charge >= 0.3 is 0 Å². The van der Waals surface area contributed by atoms with Crippen LogP contribution in [0.5, 0.6) is 0 Å². The minimum atomic E-state index is 0.269. The van der Waals surface area contributed by atoms with Crippen LogP contribution in [0.25, 0.3) is 0 Å². The second-order valence-electron chi connectivity index (χ2n) is 5.62. The van der Waals surface area contributed by atoms with Gasteiger partial charge in [-0.1, -0.05) is 37.6 Å². The lowest BCUT2D eigenvalue weighted by atomic mass is 9.70. The lowest BCUT2D eigenvalue weighted by Crippen LogP contribution is -2.46. The van der Waals surface area contributed by atoms with Crippen molar-refractivity contribution in [1.82, 2.24) is 4.90 Å². The van der Waals surface area contributed by atoms with E-state index in [1.807, 2.05) is 12.1 Å². The summed E-state index contributed by atoms with van der Waals surface area (Å²) in [5, 5.41) is 0.811. The quantitative estimate of drug-likeness (QED) is 0.877. The molecule has 1 aromatic carbocycles. The molecule has 0 amide bonds. The van der Waals surface area contributed by atoms with Crippen molar-refractivity contribution in [3.05, 3.63) is 34.9 Å². The first-order valence-electron chi connectivity index (χ1n) is 6.21. The molecular formula is C14H21ClN2. The van der Waals surface area contributed by atoms with Gasteiger partial charge in [-0.15, -0.1) is 0 Å². The molecule has 1 aliphatic heterocycles. The van der Waals surface area contributed by atoms with Gasteiger partial charge < -0.3 is 5.73 Å². The van der Waals surface area contributed by atoms with E-state index >= 15 is 0 Å². The fourth-order valence-corrected chi connectivity index (χ4v) is 3.06. The number of halogens is 1. The van der Waals surface area contributed by atoms with E-state index < -0.39 is 0 Å². The third-order valence-corrected chi connectivity index (χ3v) is 4.09. The maximum Gasteiger partial charge on any atom is 0.0455 e. The van der Waals surface area contributed by atoms with E-state index in [2.05, 4.69) is 30.9 Å². The van der Waals surface area contributed by atoms with Crippen molar-refractivity contribution in [2.24, 2.45) is 11.1 Å². The van der Waals surface area contributed by atoms with E-state index in [4.69, 9.17) is 17.3 Å². The summed E-state index contributed by atoms with van der Waals surface area (Å²) in [6.07, 6.45) is 1.17. The summed E-state index contributed by atoms with van der Waals surface area (Å²) in [4.78, 5) is 2.33. The van der Waals surface area contributed by atoms with Crippen LogP contribution in [-0.2, 0) is 0 Å². The molecule has 2 N–H and O–H groups in total. The summed E-state index contributed by atoms with van der Waals surface area (Å²) >= 11 is 5.94. The Bertz CT molecular complexity index is 372. The summed E-state index contributed by atoms with van der Waals surface area (Å²) in [6, 6.07) is 8.30. The number of rotatable bonds is 2. The largest absolute Gasteiger partial charge is 0.318 e. The van der Waals surface area contributed by atoms with Crippen LogP contribution < -0.4 is 5.73 Å². The standard InChI is InChI=1S/C14H21ClN2/c1-14(2)9-17(10-16)8-7-13(14)11-3-5-12(15)6-4-11/h3-6,13H,7-10,16H2,1-2H3/t13-/m1/s1. The van der Waals surface area contributed by atoms with Crippen molar-refractivity contribution in [3.63, 3.8) is 0 Å². The van der Waals surface area contributed by atoms with Crippen molar-refractivity contribution in [2.75, 3.05) is 19.8 Å². The summed E-state index contributed by atoms with van der Waals surface area (Å²) in [5.74, 6) is 0.600. The second kappa shape index (κ2) is 4.97. The number of piperidine rings is 1. The van der Waals surface area contributed by atoms with Gasteiger partial charge in [0.15, 0.2) is 0 Å². The molecule has 0 bridgehead atoms. The average Bonchev–Trinajstić information content (AvgIpc) is 2.29. The Balaban J connectivity index is 2.18. The van der Waals surface area contributed by atoms with Gasteiger partial charge in [-0.05, 0) is 42.0 Å². The van der Waals surface area contributed by atoms with Gasteiger partial charge in [0.2, 0.25) is 0 Å². The molecular weight excluding hydrogens is 232 g/mol. The number of hydrogen-bond acceptors (Lipinski definition) is 2. The molecule has 0 radical (unpaired) electrons. The van der Waals surface area contributed by atoms with Crippen molar-refractivity contribution in [3.8, 4) is 0 Å². The van der Waals surface area contributed by atoms with Crippen LogP contribution >= 0.6 is 11.6 Å². The first kappa shape index (κ1) is 12.9. The first-order valence-corrected chi connectivity index (χ1v) is 6.58.